The third-order valence-electron chi connectivity index (χ3n) is 5.47. The molecule has 1 saturated carbocycles. The van der Waals surface area contributed by atoms with E-state index in [1.807, 2.05) is 34.0 Å². The maximum absolute atomic E-state index is 13.2. The first-order valence-electron chi connectivity index (χ1n) is 10.3. The van der Waals surface area contributed by atoms with E-state index >= 15 is 0 Å². The van der Waals surface area contributed by atoms with Crippen molar-refractivity contribution < 1.29 is 22.9 Å². The average molecular weight is 493 g/mol. The molecule has 1 aliphatic rings. The Labute approximate surface area is 194 Å². The molecule has 33 heavy (non-hydrogen) atoms. The molecule has 176 valence electrons. The van der Waals surface area contributed by atoms with Crippen LogP contribution in [0.25, 0.3) is 0 Å². The normalized spacial score (nSPS) is 20.8. The number of nitrogens with one attached hydrogen (secondary N) is 2. The molecule has 0 unspecified atom stereocenters. The predicted molar refractivity (Wildman–Crippen MR) is 122 cm³/mol. The number of ketones is 1. The van der Waals surface area contributed by atoms with E-state index in [0.717, 1.165) is 11.1 Å². The van der Waals surface area contributed by atoms with E-state index < -0.39 is 16.4 Å². The van der Waals surface area contributed by atoms with Gasteiger partial charge in [-0.3, -0.25) is 14.0 Å². The van der Waals surface area contributed by atoms with E-state index in [0.29, 0.717) is 35.6 Å². The van der Waals surface area contributed by atoms with Crippen molar-refractivity contribution in [2.75, 3.05) is 11.9 Å². The molecule has 0 bridgehead atoms. The maximum Gasteiger partial charge on any atom is 0.333 e. The van der Waals surface area contributed by atoms with E-state index in [4.69, 9.17) is 4.55 Å². The number of aromatic nitrogens is 4. The van der Waals surface area contributed by atoms with Crippen molar-refractivity contribution >= 4 is 33.2 Å². The van der Waals surface area contributed by atoms with Gasteiger partial charge in [0.2, 0.25) is 5.78 Å². The summed E-state index contributed by atoms with van der Waals surface area (Å²) < 4.78 is 34.5. The predicted octanol–water partition coefficient (Wildman–Crippen LogP) is 1.27. The molecule has 3 aromatic heterocycles. The van der Waals surface area contributed by atoms with Crippen LogP contribution in [-0.2, 0) is 16.8 Å². The first-order chi connectivity index (χ1) is 15.7. The molecule has 13 heteroatoms. The van der Waals surface area contributed by atoms with Crippen molar-refractivity contribution in [1.82, 2.24) is 24.5 Å². The summed E-state index contributed by atoms with van der Waals surface area (Å²) in [5.74, 6) is -0.237. The molecule has 0 aromatic carbocycles. The molecule has 4 rings (SSSR count). The minimum absolute atomic E-state index is 0.0819. The highest BCUT2D eigenvalue weighted by molar-refractivity contribution is 7.83. The van der Waals surface area contributed by atoms with Gasteiger partial charge in [0.05, 0.1) is 29.3 Å². The van der Waals surface area contributed by atoms with Gasteiger partial charge in [-0.2, -0.15) is 18.2 Å². The molecular formula is C20H24N6O5S2. The molecule has 0 spiro atoms. The molecule has 0 amide bonds. The molecule has 3 atom stereocenters. The van der Waals surface area contributed by atoms with Gasteiger partial charge in [0, 0.05) is 30.9 Å². The number of carbonyl (C=O) groups excluding carboxylic acids is 1. The van der Waals surface area contributed by atoms with Crippen molar-refractivity contribution in [3.8, 4) is 0 Å². The van der Waals surface area contributed by atoms with Crippen molar-refractivity contribution in [2.24, 2.45) is 5.92 Å². The molecule has 11 nitrogen and oxygen atoms in total. The third kappa shape index (κ3) is 6.00. The lowest BCUT2D eigenvalue weighted by molar-refractivity contribution is 0.104. The Hall–Kier alpha value is -2.71. The van der Waals surface area contributed by atoms with Crippen LogP contribution in [0.15, 0.2) is 36.4 Å². The quantitative estimate of drug-likeness (QED) is 0.255. The van der Waals surface area contributed by atoms with Gasteiger partial charge < -0.3 is 10.4 Å². The standard InChI is InChI=1S/C20H24N6O5S2/c1-12-5-23-26(8-12)9-13-2-18(32-10-13)19(28)16-7-21-11-22-20(16)25-15-3-14(17(27)4-15)6-24-33(29,30)31/h2,5,7-8,10-11,14-15,17,24,27H,3-4,6,9H2,1H3,(H,21,22,25)(H,29,30,31)/t14-,15-,17+/m1/s1. The van der Waals surface area contributed by atoms with Crippen LogP contribution >= 0.6 is 11.3 Å². The van der Waals surface area contributed by atoms with Crippen molar-refractivity contribution in [2.45, 2.75) is 38.5 Å². The SMILES string of the molecule is Cc1cnn(Cc2csc(C(=O)c3cncnc3N[C@@H]3C[C@H](CNS(=O)(=O)O)[C@@H](O)C3)c2)c1. The lowest BCUT2D eigenvalue weighted by Gasteiger charge is -2.15. The number of carbonyl (C=O) groups is 1. The second-order valence-corrected chi connectivity index (χ2v) is 10.3. The summed E-state index contributed by atoms with van der Waals surface area (Å²) in [6, 6.07) is 1.61. The first-order valence-corrected chi connectivity index (χ1v) is 12.6. The zero-order chi connectivity index (χ0) is 23.6. The van der Waals surface area contributed by atoms with Gasteiger partial charge in [0.15, 0.2) is 0 Å². The second kappa shape index (κ2) is 9.65. The largest absolute Gasteiger partial charge is 0.393 e. The minimum Gasteiger partial charge on any atom is -0.393 e. The summed E-state index contributed by atoms with van der Waals surface area (Å²) in [6.45, 7) is 2.45. The molecule has 4 N–H and O–H groups in total. The molecule has 0 radical (unpaired) electrons. The van der Waals surface area contributed by atoms with Gasteiger partial charge in [-0.1, -0.05) is 0 Å². The Kier molecular flexibility index (Phi) is 6.86. The summed E-state index contributed by atoms with van der Waals surface area (Å²) in [6.07, 6.45) is 6.53. The monoisotopic (exact) mass is 492 g/mol. The number of hydrogen-bond acceptors (Lipinski definition) is 9. The Balaban J connectivity index is 1.44. The van der Waals surface area contributed by atoms with Gasteiger partial charge in [0.25, 0.3) is 0 Å². The summed E-state index contributed by atoms with van der Waals surface area (Å²) in [5, 5.41) is 19.6. The van der Waals surface area contributed by atoms with E-state index in [1.54, 1.807) is 6.20 Å². The number of aryl methyl sites for hydroxylation is 1. The van der Waals surface area contributed by atoms with Crippen LogP contribution < -0.4 is 10.0 Å². The van der Waals surface area contributed by atoms with E-state index in [1.165, 1.54) is 23.9 Å². The lowest BCUT2D eigenvalue weighted by atomic mass is 10.1. The van der Waals surface area contributed by atoms with E-state index in [2.05, 4.69) is 20.4 Å². The van der Waals surface area contributed by atoms with Crippen LogP contribution in [0.4, 0.5) is 5.82 Å². The van der Waals surface area contributed by atoms with Crippen molar-refractivity contribution in [1.29, 1.82) is 0 Å². The van der Waals surface area contributed by atoms with Crippen molar-refractivity contribution in [3.63, 3.8) is 0 Å². The molecule has 3 aromatic rings. The summed E-state index contributed by atoms with van der Waals surface area (Å²) >= 11 is 1.34. The fraction of sp³-hybridized carbons (Fsp3) is 0.400. The van der Waals surface area contributed by atoms with Crippen LogP contribution in [0, 0.1) is 12.8 Å². The van der Waals surface area contributed by atoms with Gasteiger partial charge in [0.1, 0.15) is 12.1 Å². The fourth-order valence-corrected chi connectivity index (χ4v) is 5.19. The molecule has 3 heterocycles. The zero-order valence-corrected chi connectivity index (χ0v) is 19.4. The van der Waals surface area contributed by atoms with Gasteiger partial charge in [-0.25, -0.2) is 9.97 Å². The van der Waals surface area contributed by atoms with Crippen LogP contribution in [0.1, 0.15) is 39.2 Å². The lowest BCUT2D eigenvalue weighted by Crippen LogP contribution is -2.32. The zero-order valence-electron chi connectivity index (χ0n) is 17.7. The second-order valence-electron chi connectivity index (χ2n) is 8.11. The Morgan fingerprint density at radius 2 is 2.15 bits per heavy atom. The highest BCUT2D eigenvalue weighted by Crippen LogP contribution is 2.30. The molecule has 0 aliphatic heterocycles. The third-order valence-corrected chi connectivity index (χ3v) is 6.98. The molecule has 1 aliphatic carbocycles. The van der Waals surface area contributed by atoms with Crippen LogP contribution in [0.3, 0.4) is 0 Å². The summed E-state index contributed by atoms with van der Waals surface area (Å²) in [4.78, 5) is 21.9. The number of anilines is 1. The summed E-state index contributed by atoms with van der Waals surface area (Å²) in [7, 11) is -4.33. The number of hydrogen-bond donors (Lipinski definition) is 4. The number of rotatable bonds is 9. The Morgan fingerprint density at radius 3 is 2.88 bits per heavy atom. The number of aliphatic hydroxyl groups excluding tert-OH is 1. The number of nitrogens with zero attached hydrogens (tertiary/aromatic N) is 4. The highest BCUT2D eigenvalue weighted by atomic mass is 32.2. The smallest absolute Gasteiger partial charge is 0.333 e. The highest BCUT2D eigenvalue weighted by Gasteiger charge is 2.34. The van der Waals surface area contributed by atoms with Gasteiger partial charge >= 0.3 is 10.3 Å². The minimum atomic E-state index is -4.33. The summed E-state index contributed by atoms with van der Waals surface area (Å²) in [5.41, 5.74) is 2.34. The van der Waals surface area contributed by atoms with Crippen LogP contribution in [0.5, 0.6) is 0 Å². The first kappa shape index (κ1) is 23.4. The van der Waals surface area contributed by atoms with Crippen molar-refractivity contribution in [3.05, 3.63) is 57.9 Å². The van der Waals surface area contributed by atoms with Crippen LogP contribution in [-0.4, -0.2) is 62.3 Å². The number of aliphatic hydroxyl groups is 1. The molecule has 0 saturated heterocycles. The molecular weight excluding hydrogens is 468 g/mol. The van der Waals surface area contributed by atoms with Gasteiger partial charge in [-0.05, 0) is 42.3 Å². The van der Waals surface area contributed by atoms with Crippen LogP contribution in [0.2, 0.25) is 0 Å². The topological polar surface area (TPSA) is 159 Å². The Bertz CT molecular complexity index is 1240. The van der Waals surface area contributed by atoms with Gasteiger partial charge in [-0.15, -0.1) is 11.3 Å². The fourth-order valence-electron chi connectivity index (χ4n) is 3.91. The molecule has 1 fully saturated rings. The average Bonchev–Trinajstić information content (AvgIpc) is 3.47. The maximum atomic E-state index is 13.2. The Morgan fingerprint density at radius 1 is 1.33 bits per heavy atom. The number of thiophene rings is 1. The van der Waals surface area contributed by atoms with E-state index in [9.17, 15) is 18.3 Å². The van der Waals surface area contributed by atoms with E-state index in [-0.39, 0.29) is 24.3 Å².